The summed E-state index contributed by atoms with van der Waals surface area (Å²) in [6, 6.07) is 0. The molecule has 0 saturated heterocycles. The van der Waals surface area contributed by atoms with Crippen LogP contribution in [0, 0.1) is 0 Å². The summed E-state index contributed by atoms with van der Waals surface area (Å²) in [6.07, 6.45) is 1.77. The molecule has 6 nitrogen and oxygen atoms in total. The van der Waals surface area contributed by atoms with Gasteiger partial charge in [0.2, 0.25) is 0 Å². The maximum Gasteiger partial charge on any atom is 0.193 e. The van der Waals surface area contributed by atoms with E-state index >= 15 is 0 Å². The molecule has 6 heteroatoms. The van der Waals surface area contributed by atoms with Gasteiger partial charge in [-0.05, 0) is 0 Å². The predicted molar refractivity (Wildman–Crippen MR) is 52.9 cm³/mol. The number of nitrogens with one attached hydrogen (secondary N) is 1. The summed E-state index contributed by atoms with van der Waals surface area (Å²) in [4.78, 5) is 6.32. The van der Waals surface area contributed by atoms with Crippen LogP contribution in [0.25, 0.3) is 0 Å². The van der Waals surface area contributed by atoms with Gasteiger partial charge in [-0.2, -0.15) is 0 Å². The first-order valence-corrected chi connectivity index (χ1v) is 4.61. The third-order valence-corrected chi connectivity index (χ3v) is 2.37. The molecule has 0 bridgehead atoms. The van der Waals surface area contributed by atoms with Gasteiger partial charge in [0.15, 0.2) is 11.8 Å². The fourth-order valence-electron chi connectivity index (χ4n) is 1.66. The highest BCUT2D eigenvalue weighted by Crippen LogP contribution is 2.08. The van der Waals surface area contributed by atoms with E-state index in [1.807, 2.05) is 7.05 Å². The summed E-state index contributed by atoms with van der Waals surface area (Å²) >= 11 is 0. The molecule has 1 N–H and O–H groups in total. The summed E-state index contributed by atoms with van der Waals surface area (Å²) in [5.41, 5.74) is 0. The van der Waals surface area contributed by atoms with Crippen LogP contribution >= 0.6 is 0 Å². The minimum atomic E-state index is 0.771. The molecule has 2 rings (SSSR count). The van der Waals surface area contributed by atoms with Gasteiger partial charge in [-0.1, -0.05) is 0 Å². The molecule has 0 unspecified atom stereocenters. The largest absolute Gasteiger partial charge is 0.359 e. The average molecular weight is 194 g/mol. The van der Waals surface area contributed by atoms with Gasteiger partial charge in [-0.3, -0.25) is 4.99 Å². The van der Waals surface area contributed by atoms with Crippen molar-refractivity contribution < 1.29 is 0 Å². The molecule has 0 radical (unpaired) electrons. The van der Waals surface area contributed by atoms with E-state index in [-0.39, 0.29) is 0 Å². The van der Waals surface area contributed by atoms with Gasteiger partial charge in [-0.15, -0.1) is 10.2 Å². The van der Waals surface area contributed by atoms with Gasteiger partial charge < -0.3 is 14.8 Å². The monoisotopic (exact) mass is 194 g/mol. The van der Waals surface area contributed by atoms with Crippen molar-refractivity contribution in [1.29, 1.82) is 0 Å². The van der Waals surface area contributed by atoms with Crippen molar-refractivity contribution in [2.45, 2.75) is 13.1 Å². The second-order valence-electron chi connectivity index (χ2n) is 3.16. The van der Waals surface area contributed by atoms with Crippen LogP contribution in [-0.2, 0) is 13.1 Å². The average Bonchev–Trinajstić information content (AvgIpc) is 2.66. The molecule has 76 valence electrons. The van der Waals surface area contributed by atoms with Crippen molar-refractivity contribution in [2.75, 3.05) is 20.6 Å². The Morgan fingerprint density at radius 3 is 3.14 bits per heavy atom. The summed E-state index contributed by atoms with van der Waals surface area (Å²) in [5, 5.41) is 11.0. The quantitative estimate of drug-likeness (QED) is 0.438. The zero-order valence-corrected chi connectivity index (χ0v) is 8.43. The van der Waals surface area contributed by atoms with Crippen molar-refractivity contribution in [3.8, 4) is 0 Å². The van der Waals surface area contributed by atoms with Crippen LogP contribution in [0.15, 0.2) is 11.3 Å². The van der Waals surface area contributed by atoms with E-state index in [4.69, 9.17) is 0 Å². The molecule has 0 aliphatic carbocycles. The van der Waals surface area contributed by atoms with Gasteiger partial charge in [0.05, 0.1) is 6.54 Å². The van der Waals surface area contributed by atoms with Gasteiger partial charge in [0.1, 0.15) is 6.33 Å². The molecule has 2 heterocycles. The fraction of sp³-hybridized carbons (Fsp3) is 0.625. The molecule has 14 heavy (non-hydrogen) atoms. The Labute approximate surface area is 82.6 Å². The molecule has 0 aromatic carbocycles. The Balaban J connectivity index is 2.14. The Kier molecular flexibility index (Phi) is 2.34. The molecule has 0 saturated carbocycles. The van der Waals surface area contributed by atoms with Crippen LogP contribution in [0.3, 0.4) is 0 Å². The highest BCUT2D eigenvalue weighted by molar-refractivity contribution is 5.79. The molecular weight excluding hydrogens is 180 g/mol. The number of aromatic nitrogens is 3. The number of rotatable bonds is 0. The normalized spacial score (nSPS) is 16.7. The second-order valence-corrected chi connectivity index (χ2v) is 3.16. The Morgan fingerprint density at radius 2 is 2.43 bits per heavy atom. The van der Waals surface area contributed by atoms with Crippen molar-refractivity contribution in [3.63, 3.8) is 0 Å². The standard InChI is InChI=1S/C8H14N6/c1-9-8(10-2)13-3-4-14-6-11-12-7(14)5-13/h6H,3-5H2,1-2H3,(H,9,10). The number of aliphatic imine (C=N–C) groups is 1. The number of nitrogens with zero attached hydrogens (tertiary/aromatic N) is 5. The zero-order chi connectivity index (χ0) is 9.97. The first kappa shape index (κ1) is 8.98. The first-order chi connectivity index (χ1) is 6.85. The number of hydrogen-bond donors (Lipinski definition) is 1. The van der Waals surface area contributed by atoms with E-state index < -0.39 is 0 Å². The van der Waals surface area contributed by atoms with Crippen LogP contribution in [0.2, 0.25) is 0 Å². The Bertz CT molecular complexity index is 341. The molecule has 1 aliphatic rings. The van der Waals surface area contributed by atoms with E-state index in [0.29, 0.717) is 0 Å². The second kappa shape index (κ2) is 3.65. The minimum absolute atomic E-state index is 0.771. The maximum absolute atomic E-state index is 4.16. The van der Waals surface area contributed by atoms with E-state index in [1.54, 1.807) is 13.4 Å². The number of hydrogen-bond acceptors (Lipinski definition) is 3. The third-order valence-electron chi connectivity index (χ3n) is 2.37. The first-order valence-electron chi connectivity index (χ1n) is 4.61. The van der Waals surface area contributed by atoms with Crippen LogP contribution in [0.4, 0.5) is 0 Å². The minimum Gasteiger partial charge on any atom is -0.359 e. The molecule has 1 aliphatic heterocycles. The summed E-state index contributed by atoms with van der Waals surface area (Å²) in [5.74, 6) is 1.90. The molecule has 0 spiro atoms. The highest BCUT2D eigenvalue weighted by Gasteiger charge is 2.18. The molecule has 1 aromatic rings. The molecule has 0 amide bonds. The van der Waals surface area contributed by atoms with Crippen LogP contribution in [-0.4, -0.2) is 46.3 Å². The lowest BCUT2D eigenvalue weighted by Crippen LogP contribution is -2.44. The molecule has 0 fully saturated rings. The lowest BCUT2D eigenvalue weighted by atomic mass is 10.4. The van der Waals surface area contributed by atoms with E-state index in [9.17, 15) is 0 Å². The fourth-order valence-corrected chi connectivity index (χ4v) is 1.66. The van der Waals surface area contributed by atoms with Gasteiger partial charge >= 0.3 is 0 Å². The summed E-state index contributed by atoms with van der Waals surface area (Å²) in [7, 11) is 3.66. The molecular formula is C8H14N6. The SMILES string of the molecule is CN=C(NC)N1CCn2cnnc2C1. The Hall–Kier alpha value is -1.59. The van der Waals surface area contributed by atoms with E-state index in [1.165, 1.54) is 0 Å². The van der Waals surface area contributed by atoms with Crippen LogP contribution in [0.1, 0.15) is 5.82 Å². The summed E-state index contributed by atoms with van der Waals surface area (Å²) < 4.78 is 2.07. The Morgan fingerprint density at radius 1 is 1.57 bits per heavy atom. The predicted octanol–water partition coefficient (Wildman–Crippen LogP) is -0.701. The topological polar surface area (TPSA) is 58.3 Å². The zero-order valence-electron chi connectivity index (χ0n) is 8.43. The van der Waals surface area contributed by atoms with Crippen LogP contribution < -0.4 is 5.32 Å². The van der Waals surface area contributed by atoms with Crippen molar-refractivity contribution in [3.05, 3.63) is 12.2 Å². The molecule has 1 aromatic heterocycles. The van der Waals surface area contributed by atoms with Crippen molar-refractivity contribution >= 4 is 5.96 Å². The van der Waals surface area contributed by atoms with Gasteiger partial charge in [0.25, 0.3) is 0 Å². The molecule has 0 atom stereocenters. The third kappa shape index (κ3) is 1.43. The van der Waals surface area contributed by atoms with E-state index in [2.05, 4.69) is 30.0 Å². The lowest BCUT2D eigenvalue weighted by molar-refractivity contribution is 0.321. The smallest absolute Gasteiger partial charge is 0.193 e. The number of fused-ring (bicyclic) bond motifs is 1. The van der Waals surface area contributed by atoms with Crippen molar-refractivity contribution in [1.82, 2.24) is 25.0 Å². The maximum atomic E-state index is 4.16. The summed E-state index contributed by atoms with van der Waals surface area (Å²) in [6.45, 7) is 2.63. The van der Waals surface area contributed by atoms with Gasteiger partial charge in [0, 0.05) is 27.2 Å². The van der Waals surface area contributed by atoms with E-state index in [0.717, 1.165) is 31.4 Å². The van der Waals surface area contributed by atoms with Crippen LogP contribution in [0.5, 0.6) is 0 Å². The van der Waals surface area contributed by atoms with Crippen molar-refractivity contribution in [2.24, 2.45) is 4.99 Å². The number of guanidine groups is 1. The van der Waals surface area contributed by atoms with Gasteiger partial charge in [-0.25, -0.2) is 0 Å². The lowest BCUT2D eigenvalue weighted by Gasteiger charge is -2.29. The highest BCUT2D eigenvalue weighted by atomic mass is 15.4.